The van der Waals surface area contributed by atoms with Crippen LogP contribution in [0.3, 0.4) is 0 Å². The minimum Gasteiger partial charge on any atom is -0.448 e. The van der Waals surface area contributed by atoms with Gasteiger partial charge in [0.1, 0.15) is 0 Å². The Morgan fingerprint density at radius 2 is 2.20 bits per heavy atom. The SMILES string of the molecule is CCOC(=O)N1N=C2CCCCC[C@@H]2[C@@]1(O)C(F)(F)F. The first-order valence-electron chi connectivity index (χ1n) is 6.65. The highest BCUT2D eigenvalue weighted by atomic mass is 19.4. The molecule has 5 nitrogen and oxygen atoms in total. The highest BCUT2D eigenvalue weighted by Gasteiger charge is 2.68. The van der Waals surface area contributed by atoms with Gasteiger partial charge in [-0.1, -0.05) is 12.8 Å². The molecule has 1 saturated carbocycles. The van der Waals surface area contributed by atoms with Crippen LogP contribution in [0.4, 0.5) is 18.0 Å². The Labute approximate surface area is 114 Å². The number of nitrogens with zero attached hydrogens (tertiary/aromatic N) is 2. The minimum atomic E-state index is -4.99. The van der Waals surface area contributed by atoms with Crippen LogP contribution >= 0.6 is 0 Å². The van der Waals surface area contributed by atoms with Gasteiger partial charge in [-0.2, -0.15) is 23.3 Å². The number of aliphatic hydroxyl groups is 1. The highest BCUT2D eigenvalue weighted by molar-refractivity contribution is 5.91. The number of carbonyl (C=O) groups is 1. The Morgan fingerprint density at radius 3 is 2.80 bits per heavy atom. The normalized spacial score (nSPS) is 30.6. The summed E-state index contributed by atoms with van der Waals surface area (Å²) in [7, 11) is 0. The number of hydrogen-bond acceptors (Lipinski definition) is 4. The third-order valence-corrected chi connectivity index (χ3v) is 3.72. The van der Waals surface area contributed by atoms with E-state index < -0.39 is 23.9 Å². The van der Waals surface area contributed by atoms with Gasteiger partial charge in [-0.3, -0.25) is 0 Å². The molecule has 0 aromatic heterocycles. The van der Waals surface area contributed by atoms with Gasteiger partial charge in [-0.25, -0.2) is 4.79 Å². The number of hydrazone groups is 1. The maximum absolute atomic E-state index is 13.3. The number of amides is 1. The van der Waals surface area contributed by atoms with Crippen LogP contribution < -0.4 is 0 Å². The lowest BCUT2D eigenvalue weighted by molar-refractivity contribution is -0.314. The fourth-order valence-electron chi connectivity index (χ4n) is 2.76. The van der Waals surface area contributed by atoms with Gasteiger partial charge >= 0.3 is 12.3 Å². The zero-order valence-electron chi connectivity index (χ0n) is 11.1. The molecule has 1 N–H and O–H groups in total. The second-order valence-electron chi connectivity index (χ2n) is 4.98. The highest BCUT2D eigenvalue weighted by Crippen LogP contribution is 2.47. The Hall–Kier alpha value is -1.31. The van der Waals surface area contributed by atoms with Crippen LogP contribution in [0.25, 0.3) is 0 Å². The predicted octanol–water partition coefficient (Wildman–Crippen LogP) is 2.65. The van der Waals surface area contributed by atoms with Gasteiger partial charge in [-0.15, -0.1) is 0 Å². The van der Waals surface area contributed by atoms with Crippen molar-refractivity contribution in [3.8, 4) is 0 Å². The molecule has 0 unspecified atom stereocenters. The Kier molecular flexibility index (Phi) is 3.95. The number of rotatable bonds is 1. The van der Waals surface area contributed by atoms with Crippen LogP contribution in [0, 0.1) is 5.92 Å². The Morgan fingerprint density at radius 1 is 1.50 bits per heavy atom. The zero-order chi connectivity index (χ0) is 15.0. The molecule has 0 aromatic carbocycles. The molecular formula is C12H17F3N2O3. The molecule has 0 bridgehead atoms. The minimum absolute atomic E-state index is 0.0713. The lowest BCUT2D eigenvalue weighted by atomic mass is 9.87. The maximum Gasteiger partial charge on any atom is 0.439 e. The van der Waals surface area contributed by atoms with Gasteiger partial charge in [0.15, 0.2) is 0 Å². The van der Waals surface area contributed by atoms with E-state index in [1.807, 2.05) is 0 Å². The van der Waals surface area contributed by atoms with Crippen molar-refractivity contribution in [2.24, 2.45) is 11.0 Å². The monoisotopic (exact) mass is 294 g/mol. The number of ether oxygens (including phenoxy) is 1. The van der Waals surface area contributed by atoms with Crippen molar-refractivity contribution in [3.63, 3.8) is 0 Å². The molecule has 2 aliphatic rings. The van der Waals surface area contributed by atoms with Crippen molar-refractivity contribution in [2.45, 2.75) is 50.9 Å². The van der Waals surface area contributed by atoms with Gasteiger partial charge in [0, 0.05) is 5.71 Å². The van der Waals surface area contributed by atoms with E-state index in [4.69, 9.17) is 0 Å². The van der Waals surface area contributed by atoms with E-state index in [2.05, 4.69) is 9.84 Å². The summed E-state index contributed by atoms with van der Waals surface area (Å²) < 4.78 is 44.6. The molecule has 20 heavy (non-hydrogen) atoms. The third-order valence-electron chi connectivity index (χ3n) is 3.72. The van der Waals surface area contributed by atoms with Gasteiger partial charge in [0.2, 0.25) is 0 Å². The number of hydrogen-bond donors (Lipinski definition) is 1. The Bertz CT molecular complexity index is 425. The van der Waals surface area contributed by atoms with Crippen molar-refractivity contribution in [2.75, 3.05) is 6.61 Å². The average molecular weight is 294 g/mol. The van der Waals surface area contributed by atoms with E-state index in [1.54, 1.807) is 0 Å². The van der Waals surface area contributed by atoms with Gasteiger partial charge < -0.3 is 9.84 Å². The van der Waals surface area contributed by atoms with Gasteiger partial charge in [-0.05, 0) is 26.2 Å². The molecular weight excluding hydrogens is 277 g/mol. The van der Waals surface area contributed by atoms with E-state index in [1.165, 1.54) is 6.92 Å². The summed E-state index contributed by atoms with van der Waals surface area (Å²) in [4.78, 5) is 11.7. The number of fused-ring (bicyclic) bond motifs is 1. The van der Waals surface area contributed by atoms with Crippen LogP contribution in [0.2, 0.25) is 0 Å². The van der Waals surface area contributed by atoms with E-state index in [0.29, 0.717) is 19.3 Å². The molecule has 0 spiro atoms. The molecule has 0 saturated heterocycles. The van der Waals surface area contributed by atoms with E-state index in [9.17, 15) is 23.1 Å². The molecule has 1 heterocycles. The molecule has 0 aromatic rings. The summed E-state index contributed by atoms with van der Waals surface area (Å²) in [5.74, 6) is -1.20. The summed E-state index contributed by atoms with van der Waals surface area (Å²) in [5, 5.41) is 14.0. The first-order chi connectivity index (χ1) is 9.32. The molecule has 1 fully saturated rings. The zero-order valence-corrected chi connectivity index (χ0v) is 11.1. The molecule has 2 rings (SSSR count). The number of alkyl halides is 3. The number of halogens is 3. The van der Waals surface area contributed by atoms with Gasteiger partial charge in [0.25, 0.3) is 5.72 Å². The lowest BCUT2D eigenvalue weighted by Gasteiger charge is -2.36. The van der Waals surface area contributed by atoms with Crippen molar-refractivity contribution in [3.05, 3.63) is 0 Å². The van der Waals surface area contributed by atoms with Crippen molar-refractivity contribution < 1.29 is 27.8 Å². The first kappa shape index (κ1) is 15.1. The van der Waals surface area contributed by atoms with Crippen LogP contribution in [-0.2, 0) is 4.74 Å². The topological polar surface area (TPSA) is 62.1 Å². The summed E-state index contributed by atoms with van der Waals surface area (Å²) in [6.07, 6.45) is -3.67. The lowest BCUT2D eigenvalue weighted by Crippen LogP contribution is -2.61. The second kappa shape index (κ2) is 5.23. The quantitative estimate of drug-likeness (QED) is 0.808. The number of carbonyl (C=O) groups excluding carboxylic acids is 1. The average Bonchev–Trinajstić information content (AvgIpc) is 2.51. The standard InChI is InChI=1S/C12H17F3N2O3/c1-2-20-10(18)17-11(19,12(13,14)15)8-6-4-3-5-7-9(8)16-17/h8,19H,2-7H2,1H3/t8-,11+/m0/s1. The molecule has 1 amide bonds. The van der Waals surface area contributed by atoms with Crippen LogP contribution in [0.1, 0.15) is 39.0 Å². The van der Waals surface area contributed by atoms with Crippen LogP contribution in [0.5, 0.6) is 0 Å². The van der Waals surface area contributed by atoms with Crippen molar-refractivity contribution >= 4 is 11.8 Å². The summed E-state index contributed by atoms with van der Waals surface area (Å²) in [5.41, 5.74) is -3.06. The van der Waals surface area contributed by atoms with E-state index in [0.717, 1.165) is 6.42 Å². The van der Waals surface area contributed by atoms with Crippen LogP contribution in [-0.4, -0.2) is 40.4 Å². The van der Waals surface area contributed by atoms with Crippen molar-refractivity contribution in [1.29, 1.82) is 0 Å². The molecule has 1 aliphatic carbocycles. The summed E-state index contributed by atoms with van der Waals surface area (Å²) in [6.45, 7) is 1.39. The third kappa shape index (κ3) is 2.25. The summed E-state index contributed by atoms with van der Waals surface area (Å²) in [6, 6.07) is 0. The predicted molar refractivity (Wildman–Crippen MR) is 63.9 cm³/mol. The summed E-state index contributed by atoms with van der Waals surface area (Å²) >= 11 is 0. The van der Waals surface area contributed by atoms with Crippen LogP contribution in [0.15, 0.2) is 5.10 Å². The molecule has 114 valence electrons. The smallest absolute Gasteiger partial charge is 0.439 e. The second-order valence-corrected chi connectivity index (χ2v) is 4.98. The fourth-order valence-corrected chi connectivity index (χ4v) is 2.76. The maximum atomic E-state index is 13.3. The van der Waals surface area contributed by atoms with Gasteiger partial charge in [0.05, 0.1) is 12.5 Å². The Balaban J connectivity index is 2.40. The molecule has 2 atom stereocenters. The first-order valence-corrected chi connectivity index (χ1v) is 6.65. The molecule has 8 heteroatoms. The molecule has 1 aliphatic heterocycles. The van der Waals surface area contributed by atoms with E-state index in [-0.39, 0.29) is 23.7 Å². The van der Waals surface area contributed by atoms with E-state index >= 15 is 0 Å². The fraction of sp³-hybridized carbons (Fsp3) is 0.833. The molecule has 0 radical (unpaired) electrons. The largest absolute Gasteiger partial charge is 0.448 e. The van der Waals surface area contributed by atoms with Crippen molar-refractivity contribution in [1.82, 2.24) is 5.01 Å².